The predicted octanol–water partition coefficient (Wildman–Crippen LogP) is 2.42. The molecule has 0 aliphatic carbocycles. The molecule has 0 rings (SSSR count). The summed E-state index contributed by atoms with van der Waals surface area (Å²) >= 11 is 2.04. The molecule has 0 unspecified atom stereocenters. The largest absolute Gasteiger partial charge is 0.298 e. The Kier molecular flexibility index (Phi) is 4.49. The smallest absolute Gasteiger partial charge is 0.194 e. The van der Waals surface area contributed by atoms with Gasteiger partial charge in [0.2, 0.25) is 0 Å². The molecule has 0 N–H and O–H groups in total. The molecule has 0 aromatic heterocycles. The topological polar surface area (TPSA) is 0 Å². The average Bonchev–Trinajstić information content (AvgIpc) is 0.722. The monoisotopic (exact) mass is 180 g/mol. The summed E-state index contributed by atoms with van der Waals surface area (Å²) in [4.78, 5) is -2.69. The lowest BCUT2D eigenvalue weighted by atomic mass is 10.9. The zero-order chi connectivity index (χ0) is 4.50. The molecular weight excluding hydrogens is 177 g/mol. The Balaban J connectivity index is 0. The van der Waals surface area contributed by atoms with E-state index >= 15 is 0 Å². The van der Waals surface area contributed by atoms with Crippen LogP contribution in [0.4, 0.5) is 8.78 Å². The minimum absolute atomic E-state index is 0. The molecule has 6 heavy (non-hydrogen) atoms. The van der Waals surface area contributed by atoms with Gasteiger partial charge in [-0.2, -0.15) is 8.78 Å². The Morgan fingerprint density at radius 2 is 1.50 bits per heavy atom. The van der Waals surface area contributed by atoms with Gasteiger partial charge in [0.1, 0.15) is 0 Å². The number of alkyl halides is 3. The van der Waals surface area contributed by atoms with Gasteiger partial charge in [0.05, 0.1) is 0 Å². The zero-order valence-corrected chi connectivity index (χ0v) is 5.44. The first kappa shape index (κ1) is 9.80. The zero-order valence-electron chi connectivity index (χ0n) is 3.04. The lowest BCUT2D eigenvalue weighted by Gasteiger charge is -1.91. The van der Waals surface area contributed by atoms with E-state index in [0.717, 1.165) is 6.92 Å². The maximum atomic E-state index is 10.9. The third-order valence-corrected chi connectivity index (χ3v) is 0. The summed E-state index contributed by atoms with van der Waals surface area (Å²) in [5.74, 6) is 0. The average molecular weight is 181 g/mol. The van der Waals surface area contributed by atoms with Crippen LogP contribution >= 0.6 is 28.3 Å². The van der Waals surface area contributed by atoms with E-state index in [1.54, 1.807) is 0 Å². The molecule has 0 amide bonds. The first-order valence-corrected chi connectivity index (χ1v) is 1.86. The molecular formula is C2H4BrClF2. The van der Waals surface area contributed by atoms with Crippen molar-refractivity contribution in [1.29, 1.82) is 0 Å². The molecule has 0 radical (unpaired) electrons. The van der Waals surface area contributed by atoms with Gasteiger partial charge < -0.3 is 0 Å². The lowest BCUT2D eigenvalue weighted by molar-refractivity contribution is 0.138. The molecule has 0 spiro atoms. The summed E-state index contributed by atoms with van der Waals surface area (Å²) in [5.41, 5.74) is 0. The molecule has 0 aliphatic heterocycles. The number of halogens is 4. The Hall–Kier alpha value is 0.630. The van der Waals surface area contributed by atoms with Gasteiger partial charge in [-0.1, -0.05) is 0 Å². The predicted molar refractivity (Wildman–Crippen MR) is 26.8 cm³/mol. The van der Waals surface area contributed by atoms with Crippen LogP contribution in [0.3, 0.4) is 0 Å². The summed E-state index contributed by atoms with van der Waals surface area (Å²) in [6.45, 7) is 0.771. The van der Waals surface area contributed by atoms with Crippen molar-refractivity contribution in [3.63, 3.8) is 0 Å². The number of hydrogen-bond donors (Lipinski definition) is 0. The van der Waals surface area contributed by atoms with Gasteiger partial charge in [-0.05, 0) is 15.9 Å². The minimum Gasteiger partial charge on any atom is -0.194 e. The SMILES string of the molecule is CC(F)(F)Br.Cl. The van der Waals surface area contributed by atoms with Crippen LogP contribution < -0.4 is 0 Å². The number of rotatable bonds is 0. The molecule has 4 heteroatoms. The van der Waals surface area contributed by atoms with E-state index in [2.05, 4.69) is 0 Å². The van der Waals surface area contributed by atoms with E-state index in [4.69, 9.17) is 0 Å². The summed E-state index contributed by atoms with van der Waals surface area (Å²) < 4.78 is 21.9. The molecule has 0 heterocycles. The maximum absolute atomic E-state index is 10.9. The lowest BCUT2D eigenvalue weighted by Crippen LogP contribution is -1.91. The molecule has 0 aromatic rings. The number of hydrogen-bond acceptors (Lipinski definition) is 0. The highest BCUT2D eigenvalue weighted by atomic mass is 79.9. The van der Waals surface area contributed by atoms with E-state index in [1.807, 2.05) is 15.9 Å². The Labute approximate surface area is 49.5 Å². The molecule has 0 saturated heterocycles. The van der Waals surface area contributed by atoms with Crippen LogP contribution in [0.25, 0.3) is 0 Å². The second-order valence-electron chi connectivity index (χ2n) is 0.781. The van der Waals surface area contributed by atoms with Crippen LogP contribution in [0.5, 0.6) is 0 Å². The van der Waals surface area contributed by atoms with E-state index in [1.165, 1.54) is 0 Å². The third-order valence-electron chi connectivity index (χ3n) is 0. The molecule has 0 aliphatic rings. The molecule has 0 saturated carbocycles. The van der Waals surface area contributed by atoms with Crippen LogP contribution in [-0.4, -0.2) is 4.83 Å². The Bertz CT molecular complexity index is 27.0. The van der Waals surface area contributed by atoms with Gasteiger partial charge in [-0.3, -0.25) is 0 Å². The molecule has 0 nitrogen and oxygen atoms in total. The van der Waals surface area contributed by atoms with Crippen molar-refractivity contribution in [2.75, 3.05) is 0 Å². The quantitative estimate of drug-likeness (QED) is 0.504. The normalized spacial score (nSPS) is 10.0. The van der Waals surface area contributed by atoms with E-state index in [9.17, 15) is 8.78 Å². The van der Waals surface area contributed by atoms with E-state index in [0.29, 0.717) is 0 Å². The van der Waals surface area contributed by atoms with Crippen molar-refractivity contribution in [1.82, 2.24) is 0 Å². The summed E-state index contributed by atoms with van der Waals surface area (Å²) in [5, 5.41) is 0. The maximum Gasteiger partial charge on any atom is 0.298 e. The van der Waals surface area contributed by atoms with Crippen LogP contribution in [0.1, 0.15) is 6.92 Å². The van der Waals surface area contributed by atoms with Gasteiger partial charge >= 0.3 is 0 Å². The van der Waals surface area contributed by atoms with Crippen molar-refractivity contribution in [3.8, 4) is 0 Å². The highest BCUT2D eigenvalue weighted by Gasteiger charge is 2.11. The third kappa shape index (κ3) is 154. The molecule has 40 valence electrons. The van der Waals surface area contributed by atoms with Gasteiger partial charge in [0.15, 0.2) is 0 Å². The summed E-state index contributed by atoms with van der Waals surface area (Å²) in [7, 11) is 0. The second kappa shape index (κ2) is 2.75. The van der Waals surface area contributed by atoms with E-state index in [-0.39, 0.29) is 12.4 Å². The minimum atomic E-state index is -2.69. The standard InChI is InChI=1S/C2H3BrF2.ClH/c1-2(3,4)5;/h1H3;1H. The molecule has 0 aromatic carbocycles. The van der Waals surface area contributed by atoms with Gasteiger partial charge in [0.25, 0.3) is 4.83 Å². The van der Waals surface area contributed by atoms with Gasteiger partial charge in [0, 0.05) is 6.92 Å². The Morgan fingerprint density at radius 3 is 1.50 bits per heavy atom. The first-order chi connectivity index (χ1) is 2.00. The van der Waals surface area contributed by atoms with Crippen LogP contribution in [0, 0.1) is 0 Å². The summed E-state index contributed by atoms with van der Waals surface area (Å²) in [6.07, 6.45) is 0. The van der Waals surface area contributed by atoms with Crippen molar-refractivity contribution < 1.29 is 8.78 Å². The molecule has 0 bridgehead atoms. The van der Waals surface area contributed by atoms with Gasteiger partial charge in [-0.25, -0.2) is 0 Å². The van der Waals surface area contributed by atoms with Crippen molar-refractivity contribution in [2.24, 2.45) is 0 Å². The van der Waals surface area contributed by atoms with Crippen LogP contribution in [-0.2, 0) is 0 Å². The molecule has 0 fully saturated rings. The fourth-order valence-corrected chi connectivity index (χ4v) is 0. The van der Waals surface area contributed by atoms with Crippen molar-refractivity contribution in [2.45, 2.75) is 11.8 Å². The van der Waals surface area contributed by atoms with Crippen LogP contribution in [0.2, 0.25) is 0 Å². The fourth-order valence-electron chi connectivity index (χ4n) is 0. The highest BCUT2D eigenvalue weighted by Crippen LogP contribution is 2.18. The second-order valence-corrected chi connectivity index (χ2v) is 2.17. The van der Waals surface area contributed by atoms with Gasteiger partial charge in [-0.15, -0.1) is 12.4 Å². The van der Waals surface area contributed by atoms with E-state index < -0.39 is 4.83 Å². The fraction of sp³-hybridized carbons (Fsp3) is 1.00. The van der Waals surface area contributed by atoms with Crippen molar-refractivity contribution in [3.05, 3.63) is 0 Å². The molecule has 0 atom stereocenters. The van der Waals surface area contributed by atoms with Crippen molar-refractivity contribution >= 4 is 28.3 Å². The first-order valence-electron chi connectivity index (χ1n) is 1.07. The van der Waals surface area contributed by atoms with Crippen LogP contribution in [0.15, 0.2) is 0 Å². The highest BCUT2D eigenvalue weighted by molar-refractivity contribution is 9.09. The Morgan fingerprint density at radius 1 is 1.50 bits per heavy atom. The summed E-state index contributed by atoms with van der Waals surface area (Å²) in [6, 6.07) is 0.